The molecule has 0 spiro atoms. The summed E-state index contributed by atoms with van der Waals surface area (Å²) in [5.74, 6) is 0. The minimum Gasteiger partial charge on any atom is -0.0654 e. The lowest BCUT2D eigenvalue weighted by Gasteiger charge is -1.99. The average Bonchev–Trinajstić information content (AvgIpc) is 2.14. The lowest BCUT2D eigenvalue weighted by molar-refractivity contribution is 0.607. The number of hydrogen-bond acceptors (Lipinski definition) is 0. The summed E-state index contributed by atoms with van der Waals surface area (Å²) in [6, 6.07) is 5.55. The first-order chi connectivity index (χ1) is 6.54. The maximum absolute atomic E-state index is 12.3. The lowest BCUT2D eigenvalue weighted by atomic mass is 10.1. The molecule has 0 aromatic heterocycles. The fraction of sp³-hybridized carbons (Fsp3) is 0.400. The van der Waals surface area contributed by atoms with Gasteiger partial charge in [0.1, 0.15) is 0 Å². The van der Waals surface area contributed by atoms with E-state index in [1.54, 1.807) is 12.1 Å². The van der Waals surface area contributed by atoms with E-state index in [0.29, 0.717) is 0 Å². The van der Waals surface area contributed by atoms with Crippen LogP contribution in [0.15, 0.2) is 24.3 Å². The molecule has 78 valence electrons. The highest BCUT2D eigenvalue weighted by atomic mass is 31.3. The molecule has 0 saturated carbocycles. The van der Waals surface area contributed by atoms with Gasteiger partial charge in [0, 0.05) is 12.6 Å². The molecular weight excluding hydrogens is 208 g/mol. The van der Waals surface area contributed by atoms with Crippen LogP contribution in [0, 0.1) is 0 Å². The largest absolute Gasteiger partial charge is 0.602 e. The predicted octanol–water partition coefficient (Wildman–Crippen LogP) is 4.33. The van der Waals surface area contributed by atoms with Gasteiger partial charge in [0.15, 0.2) is 5.30 Å². The molecule has 0 unspecified atom stereocenters. The third-order valence-electron chi connectivity index (χ3n) is 2.05. The van der Waals surface area contributed by atoms with E-state index >= 15 is 0 Å². The maximum atomic E-state index is 12.3. The van der Waals surface area contributed by atoms with Gasteiger partial charge in [0.05, 0.1) is 0 Å². The molecule has 1 rings (SSSR count). The summed E-state index contributed by atoms with van der Waals surface area (Å²) >= 11 is 0. The normalized spacial score (nSPS) is 11.7. The fourth-order valence-electron chi connectivity index (χ4n) is 1.21. The van der Waals surface area contributed by atoms with Crippen molar-refractivity contribution in [3.05, 3.63) is 29.8 Å². The van der Waals surface area contributed by atoms with E-state index in [1.165, 1.54) is 12.1 Å². The summed E-state index contributed by atoms with van der Waals surface area (Å²) in [6.07, 6.45) is 2.96. The van der Waals surface area contributed by atoms with Crippen molar-refractivity contribution in [1.82, 2.24) is 0 Å². The number of unbranched alkanes of at least 4 members (excludes halogenated alkanes) is 1. The van der Waals surface area contributed by atoms with E-state index < -0.39 is 13.5 Å². The molecule has 0 radical (unpaired) electrons. The standard InChI is InChI=1S/C10H13F3P/c1-2-3-4-9-5-7-10(8-6-9)14(11,12)13/h5-8H,2-4H2,1H3/q+1. The molecule has 0 atom stereocenters. The highest BCUT2D eigenvalue weighted by Crippen LogP contribution is 2.62. The van der Waals surface area contributed by atoms with Gasteiger partial charge >= 0.3 is 8.19 Å². The van der Waals surface area contributed by atoms with E-state index in [2.05, 4.69) is 6.92 Å². The zero-order valence-corrected chi connectivity index (χ0v) is 8.91. The molecule has 0 aliphatic rings. The van der Waals surface area contributed by atoms with Gasteiger partial charge in [0.25, 0.3) is 0 Å². The molecule has 0 bridgehead atoms. The quantitative estimate of drug-likeness (QED) is 0.664. The van der Waals surface area contributed by atoms with Crippen LogP contribution in [0.3, 0.4) is 0 Å². The van der Waals surface area contributed by atoms with Crippen LogP contribution in [0.1, 0.15) is 25.3 Å². The average molecular weight is 221 g/mol. The lowest BCUT2D eigenvalue weighted by Crippen LogP contribution is -2.00. The molecule has 0 fully saturated rings. The van der Waals surface area contributed by atoms with Gasteiger partial charge < -0.3 is 0 Å². The summed E-state index contributed by atoms with van der Waals surface area (Å²) in [7, 11) is -5.31. The smallest absolute Gasteiger partial charge is 0.0654 e. The summed E-state index contributed by atoms with van der Waals surface area (Å²) < 4.78 is 36.8. The van der Waals surface area contributed by atoms with Crippen molar-refractivity contribution in [2.45, 2.75) is 26.2 Å². The Morgan fingerprint density at radius 1 is 1.07 bits per heavy atom. The van der Waals surface area contributed by atoms with E-state index in [9.17, 15) is 12.6 Å². The number of hydrogen-bond donors (Lipinski definition) is 0. The van der Waals surface area contributed by atoms with Crippen molar-refractivity contribution in [2.24, 2.45) is 0 Å². The summed E-state index contributed by atoms with van der Waals surface area (Å²) in [4.78, 5) is 0. The van der Waals surface area contributed by atoms with E-state index in [4.69, 9.17) is 0 Å². The van der Waals surface area contributed by atoms with Crippen LogP contribution in [0.5, 0.6) is 0 Å². The van der Waals surface area contributed by atoms with Gasteiger partial charge in [-0.25, -0.2) is 0 Å². The first kappa shape index (κ1) is 11.5. The Hall–Kier alpha value is -0.560. The third kappa shape index (κ3) is 3.30. The van der Waals surface area contributed by atoms with Gasteiger partial charge in [-0.2, -0.15) is 0 Å². The van der Waals surface area contributed by atoms with Crippen LogP contribution in [0.25, 0.3) is 0 Å². The van der Waals surface area contributed by atoms with Crippen LogP contribution in [-0.2, 0) is 6.42 Å². The van der Waals surface area contributed by atoms with Gasteiger partial charge in [0.2, 0.25) is 0 Å². The first-order valence-electron chi connectivity index (χ1n) is 4.61. The topological polar surface area (TPSA) is 0 Å². The highest BCUT2D eigenvalue weighted by molar-refractivity contribution is 7.68. The molecule has 0 nitrogen and oxygen atoms in total. The summed E-state index contributed by atoms with van der Waals surface area (Å²) in [5, 5.41) is -0.460. The Morgan fingerprint density at radius 3 is 2.07 bits per heavy atom. The second-order valence-corrected chi connectivity index (χ2v) is 4.62. The number of rotatable bonds is 4. The Balaban J connectivity index is 2.69. The second kappa shape index (κ2) is 4.79. The molecule has 0 saturated heterocycles. The van der Waals surface area contributed by atoms with Crippen molar-refractivity contribution >= 4 is 13.5 Å². The zero-order chi connectivity index (χ0) is 10.6. The van der Waals surface area contributed by atoms with Gasteiger partial charge in [-0.3, -0.25) is 0 Å². The van der Waals surface area contributed by atoms with Crippen LogP contribution >= 0.6 is 8.19 Å². The number of halogens is 3. The van der Waals surface area contributed by atoms with Gasteiger partial charge in [-0.15, -0.1) is 0 Å². The molecule has 0 amide bonds. The SMILES string of the molecule is CCCCc1ccc([P+](F)(F)F)cc1. The molecule has 1 aromatic carbocycles. The minimum atomic E-state index is -5.31. The van der Waals surface area contributed by atoms with Crippen LogP contribution in [0.4, 0.5) is 12.6 Å². The first-order valence-corrected chi connectivity index (χ1v) is 6.07. The van der Waals surface area contributed by atoms with Crippen LogP contribution in [0.2, 0.25) is 0 Å². The Bertz CT molecular complexity index is 276. The van der Waals surface area contributed by atoms with Crippen molar-refractivity contribution < 1.29 is 12.6 Å². The van der Waals surface area contributed by atoms with Crippen molar-refractivity contribution in [2.75, 3.05) is 0 Å². The Kier molecular flexibility index (Phi) is 3.94. The van der Waals surface area contributed by atoms with Crippen LogP contribution in [-0.4, -0.2) is 0 Å². The summed E-state index contributed by atoms with van der Waals surface area (Å²) in [5.41, 5.74) is 0.990. The van der Waals surface area contributed by atoms with Gasteiger partial charge in [-0.05, 0) is 30.5 Å². The van der Waals surface area contributed by atoms with Gasteiger partial charge in [-0.1, -0.05) is 25.5 Å². The Labute approximate surface area is 82.8 Å². The Morgan fingerprint density at radius 2 is 1.64 bits per heavy atom. The van der Waals surface area contributed by atoms with Crippen molar-refractivity contribution in [1.29, 1.82) is 0 Å². The molecule has 1 aromatic rings. The molecule has 4 heteroatoms. The summed E-state index contributed by atoms with van der Waals surface area (Å²) in [6.45, 7) is 2.07. The molecule has 0 aliphatic carbocycles. The van der Waals surface area contributed by atoms with Crippen LogP contribution < -0.4 is 5.30 Å². The molecule has 0 N–H and O–H groups in total. The number of aryl methyl sites for hydroxylation is 1. The molecular formula is C10H13F3P+. The van der Waals surface area contributed by atoms with Crippen molar-refractivity contribution in [3.63, 3.8) is 0 Å². The second-order valence-electron chi connectivity index (χ2n) is 3.22. The molecule has 0 aliphatic heterocycles. The monoisotopic (exact) mass is 221 g/mol. The third-order valence-corrected chi connectivity index (χ3v) is 2.93. The minimum absolute atomic E-state index is 0.460. The number of benzene rings is 1. The zero-order valence-electron chi connectivity index (χ0n) is 8.01. The fourth-order valence-corrected chi connectivity index (χ4v) is 1.70. The predicted molar refractivity (Wildman–Crippen MR) is 54.9 cm³/mol. The van der Waals surface area contributed by atoms with E-state index in [1.807, 2.05) is 0 Å². The van der Waals surface area contributed by atoms with Crippen molar-refractivity contribution in [3.8, 4) is 0 Å². The molecule has 0 heterocycles. The maximum Gasteiger partial charge on any atom is 0.602 e. The van der Waals surface area contributed by atoms with E-state index in [-0.39, 0.29) is 0 Å². The molecule has 14 heavy (non-hydrogen) atoms. The van der Waals surface area contributed by atoms with E-state index in [0.717, 1.165) is 24.8 Å². The highest BCUT2D eigenvalue weighted by Gasteiger charge is 2.46.